The number of rotatable bonds is 6. The van der Waals surface area contributed by atoms with Crippen molar-refractivity contribution in [2.24, 2.45) is 4.99 Å². The number of aryl methyl sites for hydroxylation is 1. The number of hydrogen-bond donors (Lipinski definition) is 0. The van der Waals surface area contributed by atoms with E-state index < -0.39 is 23.4 Å². The van der Waals surface area contributed by atoms with Gasteiger partial charge >= 0.3 is 5.97 Å². The molecule has 0 aliphatic heterocycles. The van der Waals surface area contributed by atoms with Crippen molar-refractivity contribution in [3.63, 3.8) is 0 Å². The summed E-state index contributed by atoms with van der Waals surface area (Å²) in [6, 6.07) is 13.4. The van der Waals surface area contributed by atoms with Gasteiger partial charge in [-0.2, -0.15) is 4.99 Å². The van der Waals surface area contributed by atoms with Gasteiger partial charge in [-0.05, 0) is 18.6 Å². The fourth-order valence-electron chi connectivity index (χ4n) is 2.55. The van der Waals surface area contributed by atoms with Gasteiger partial charge in [0, 0.05) is 24.2 Å². The van der Waals surface area contributed by atoms with E-state index in [4.69, 9.17) is 4.74 Å². The number of aromatic nitrogens is 1. The summed E-state index contributed by atoms with van der Waals surface area (Å²) in [4.78, 5) is 39.0. The SMILES string of the molecule is Cc1ccc(Cn2ccsc2=NC(=O)COC(=O)c2ccccc2[N+](=O)[O-])cc1. The minimum Gasteiger partial charge on any atom is -0.452 e. The molecule has 1 aromatic heterocycles. The standard InChI is InChI=1S/C20H17N3O5S/c1-14-6-8-15(9-7-14)12-22-10-11-29-20(22)21-18(24)13-28-19(25)16-4-2-3-5-17(16)23(26)27/h2-11H,12-13H2,1H3. The molecule has 2 aromatic carbocycles. The molecule has 0 unspecified atom stereocenters. The molecule has 0 saturated heterocycles. The fourth-order valence-corrected chi connectivity index (χ4v) is 3.29. The minimum absolute atomic E-state index is 0.212. The summed E-state index contributed by atoms with van der Waals surface area (Å²) in [6.07, 6.45) is 1.82. The number of benzene rings is 2. The smallest absolute Gasteiger partial charge is 0.345 e. The quantitative estimate of drug-likeness (QED) is 0.352. The van der Waals surface area contributed by atoms with Crippen molar-refractivity contribution >= 4 is 28.9 Å². The largest absolute Gasteiger partial charge is 0.452 e. The first-order valence-corrected chi connectivity index (χ1v) is 9.49. The van der Waals surface area contributed by atoms with Crippen molar-refractivity contribution in [3.8, 4) is 0 Å². The molecule has 3 rings (SSSR count). The fraction of sp³-hybridized carbons (Fsp3) is 0.150. The van der Waals surface area contributed by atoms with Crippen molar-refractivity contribution in [2.75, 3.05) is 6.61 Å². The van der Waals surface area contributed by atoms with Crippen molar-refractivity contribution in [1.29, 1.82) is 0 Å². The van der Waals surface area contributed by atoms with Crippen LogP contribution in [-0.4, -0.2) is 28.0 Å². The van der Waals surface area contributed by atoms with E-state index in [1.807, 2.05) is 42.0 Å². The van der Waals surface area contributed by atoms with Crippen molar-refractivity contribution in [1.82, 2.24) is 4.57 Å². The van der Waals surface area contributed by atoms with Gasteiger partial charge in [0.25, 0.3) is 11.6 Å². The summed E-state index contributed by atoms with van der Waals surface area (Å²) in [5, 5.41) is 12.8. The van der Waals surface area contributed by atoms with Crippen LogP contribution in [0.3, 0.4) is 0 Å². The molecular weight excluding hydrogens is 394 g/mol. The summed E-state index contributed by atoms with van der Waals surface area (Å²) in [5.41, 5.74) is 1.63. The molecule has 9 heteroatoms. The van der Waals surface area contributed by atoms with E-state index in [0.717, 1.165) is 11.1 Å². The van der Waals surface area contributed by atoms with Gasteiger partial charge in [-0.25, -0.2) is 4.79 Å². The average Bonchev–Trinajstić information content (AvgIpc) is 3.14. The molecule has 148 valence electrons. The van der Waals surface area contributed by atoms with Gasteiger partial charge in [-0.3, -0.25) is 14.9 Å². The summed E-state index contributed by atoms with van der Waals surface area (Å²) in [6.45, 7) is 1.95. The number of hydrogen-bond acceptors (Lipinski definition) is 6. The van der Waals surface area contributed by atoms with E-state index >= 15 is 0 Å². The van der Waals surface area contributed by atoms with Gasteiger partial charge in [0.1, 0.15) is 5.56 Å². The van der Waals surface area contributed by atoms with Crippen LogP contribution in [-0.2, 0) is 16.1 Å². The zero-order valence-corrected chi connectivity index (χ0v) is 16.3. The number of carbonyl (C=O) groups is 2. The van der Waals surface area contributed by atoms with E-state index in [1.54, 1.807) is 5.38 Å². The van der Waals surface area contributed by atoms with Crippen LogP contribution in [0.4, 0.5) is 5.69 Å². The molecule has 0 radical (unpaired) electrons. The number of carbonyl (C=O) groups excluding carboxylic acids is 2. The van der Waals surface area contributed by atoms with Gasteiger partial charge in [0.15, 0.2) is 11.4 Å². The molecule has 0 atom stereocenters. The first kappa shape index (κ1) is 20.2. The molecule has 1 amide bonds. The Morgan fingerprint density at radius 1 is 1.17 bits per heavy atom. The zero-order chi connectivity index (χ0) is 20.8. The van der Waals surface area contributed by atoms with E-state index in [9.17, 15) is 19.7 Å². The van der Waals surface area contributed by atoms with Gasteiger partial charge in [-0.1, -0.05) is 42.0 Å². The molecule has 0 N–H and O–H groups in total. The van der Waals surface area contributed by atoms with Gasteiger partial charge in [-0.15, -0.1) is 11.3 Å². The Balaban J connectivity index is 1.68. The van der Waals surface area contributed by atoms with E-state index in [1.165, 1.54) is 35.6 Å². The first-order chi connectivity index (χ1) is 13.9. The van der Waals surface area contributed by atoms with Crippen LogP contribution in [0, 0.1) is 17.0 Å². The number of nitro groups is 1. The lowest BCUT2D eigenvalue weighted by Gasteiger charge is -2.04. The lowest BCUT2D eigenvalue weighted by molar-refractivity contribution is -0.385. The van der Waals surface area contributed by atoms with E-state index in [-0.39, 0.29) is 11.3 Å². The lowest BCUT2D eigenvalue weighted by Crippen LogP contribution is -2.20. The van der Waals surface area contributed by atoms with Crippen molar-refractivity contribution < 1.29 is 19.2 Å². The Bertz CT molecular complexity index is 1120. The van der Waals surface area contributed by atoms with Crippen LogP contribution in [0.5, 0.6) is 0 Å². The Hall–Kier alpha value is -3.59. The molecule has 0 fully saturated rings. The number of esters is 1. The molecule has 8 nitrogen and oxygen atoms in total. The zero-order valence-electron chi connectivity index (χ0n) is 15.5. The molecule has 3 aromatic rings. The molecule has 1 heterocycles. The van der Waals surface area contributed by atoms with Crippen LogP contribution >= 0.6 is 11.3 Å². The predicted molar refractivity (Wildman–Crippen MR) is 107 cm³/mol. The maximum atomic E-state index is 12.1. The highest BCUT2D eigenvalue weighted by atomic mass is 32.1. The van der Waals surface area contributed by atoms with Crippen LogP contribution in [0.2, 0.25) is 0 Å². The lowest BCUT2D eigenvalue weighted by atomic mass is 10.1. The third kappa shape index (κ3) is 5.23. The highest BCUT2D eigenvalue weighted by Crippen LogP contribution is 2.18. The van der Waals surface area contributed by atoms with Gasteiger partial charge in [0.05, 0.1) is 4.92 Å². The number of nitrogens with zero attached hydrogens (tertiary/aromatic N) is 3. The third-order valence-corrected chi connectivity index (χ3v) is 4.80. The third-order valence-electron chi connectivity index (χ3n) is 4.00. The Morgan fingerprint density at radius 2 is 1.90 bits per heavy atom. The topological polar surface area (TPSA) is 104 Å². The molecule has 0 aliphatic carbocycles. The minimum atomic E-state index is -0.945. The maximum absolute atomic E-state index is 12.1. The van der Waals surface area contributed by atoms with Gasteiger partial charge in [0.2, 0.25) is 0 Å². The van der Waals surface area contributed by atoms with E-state index in [0.29, 0.717) is 11.3 Å². The van der Waals surface area contributed by atoms with Crippen LogP contribution < -0.4 is 4.80 Å². The number of amides is 1. The molecule has 0 spiro atoms. The monoisotopic (exact) mass is 411 g/mol. The van der Waals surface area contributed by atoms with Crippen molar-refractivity contribution in [3.05, 3.63) is 91.7 Å². The number of nitro benzene ring substituents is 1. The summed E-state index contributed by atoms with van der Waals surface area (Å²) in [7, 11) is 0. The number of para-hydroxylation sites is 1. The molecule has 0 aliphatic rings. The second-order valence-electron chi connectivity index (χ2n) is 6.16. The summed E-state index contributed by atoms with van der Waals surface area (Å²) < 4.78 is 6.73. The van der Waals surface area contributed by atoms with Crippen molar-refractivity contribution in [2.45, 2.75) is 13.5 Å². The Labute approximate surface area is 169 Å². The molecule has 0 bridgehead atoms. The number of thiazole rings is 1. The van der Waals surface area contributed by atoms with Crippen LogP contribution in [0.15, 0.2) is 65.1 Å². The van der Waals surface area contributed by atoms with Crippen LogP contribution in [0.25, 0.3) is 0 Å². The second-order valence-corrected chi connectivity index (χ2v) is 7.03. The summed E-state index contributed by atoms with van der Waals surface area (Å²) in [5.74, 6) is -1.60. The molecule has 0 saturated carbocycles. The Kier molecular flexibility index (Phi) is 6.30. The number of ether oxygens (including phenoxy) is 1. The maximum Gasteiger partial charge on any atom is 0.345 e. The highest BCUT2D eigenvalue weighted by molar-refractivity contribution is 7.07. The second kappa shape index (κ2) is 9.07. The first-order valence-electron chi connectivity index (χ1n) is 8.61. The predicted octanol–water partition coefficient (Wildman–Crippen LogP) is 3.10. The Morgan fingerprint density at radius 3 is 2.62 bits per heavy atom. The molecular formula is C20H17N3O5S. The highest BCUT2D eigenvalue weighted by Gasteiger charge is 2.21. The van der Waals surface area contributed by atoms with E-state index in [2.05, 4.69) is 4.99 Å². The normalized spacial score (nSPS) is 11.3. The average molecular weight is 411 g/mol. The molecule has 29 heavy (non-hydrogen) atoms. The van der Waals surface area contributed by atoms with Crippen LogP contribution in [0.1, 0.15) is 21.5 Å². The summed E-state index contributed by atoms with van der Waals surface area (Å²) >= 11 is 1.28. The van der Waals surface area contributed by atoms with Gasteiger partial charge < -0.3 is 9.30 Å².